The van der Waals surface area contributed by atoms with Crippen LogP contribution in [0.5, 0.6) is 11.5 Å². The van der Waals surface area contributed by atoms with Crippen molar-refractivity contribution in [3.05, 3.63) is 51.9 Å². The molecule has 1 atom stereocenters. The molecule has 0 fully saturated rings. The number of ether oxygens (including phenoxy) is 2. The van der Waals surface area contributed by atoms with Gasteiger partial charge in [-0.3, -0.25) is 4.79 Å². The third kappa shape index (κ3) is 4.24. The SMILES string of the molecule is O=c1ccc(Cl)nn1CCCNCC1COc2ccccc2O1. The zero-order chi connectivity index (χ0) is 16.1. The minimum Gasteiger partial charge on any atom is -0.486 e. The molecule has 6 nitrogen and oxygen atoms in total. The second kappa shape index (κ2) is 7.48. The molecule has 0 saturated heterocycles. The molecule has 0 spiro atoms. The van der Waals surface area contributed by atoms with Crippen LogP contribution in [0.25, 0.3) is 0 Å². The Hall–Kier alpha value is -2.05. The molecule has 2 heterocycles. The molecule has 1 aliphatic rings. The van der Waals surface area contributed by atoms with E-state index in [0.29, 0.717) is 24.8 Å². The summed E-state index contributed by atoms with van der Waals surface area (Å²) in [5.41, 5.74) is -0.143. The molecule has 0 bridgehead atoms. The highest BCUT2D eigenvalue weighted by Gasteiger charge is 2.19. The number of rotatable bonds is 6. The van der Waals surface area contributed by atoms with Gasteiger partial charge in [-0.25, -0.2) is 4.68 Å². The molecule has 122 valence electrons. The number of nitrogens with one attached hydrogen (secondary N) is 1. The summed E-state index contributed by atoms with van der Waals surface area (Å²) in [6.07, 6.45) is 0.758. The number of aryl methyl sites for hydroxylation is 1. The summed E-state index contributed by atoms with van der Waals surface area (Å²) in [5, 5.41) is 7.61. The fourth-order valence-electron chi connectivity index (χ4n) is 2.36. The summed E-state index contributed by atoms with van der Waals surface area (Å²) in [5.74, 6) is 1.57. The molecule has 1 N–H and O–H groups in total. The van der Waals surface area contributed by atoms with Crippen molar-refractivity contribution in [1.29, 1.82) is 0 Å². The summed E-state index contributed by atoms with van der Waals surface area (Å²) in [6.45, 7) is 2.49. The average molecular weight is 336 g/mol. The van der Waals surface area contributed by atoms with Gasteiger partial charge in [0, 0.05) is 19.2 Å². The van der Waals surface area contributed by atoms with Gasteiger partial charge in [0.1, 0.15) is 17.9 Å². The van der Waals surface area contributed by atoms with Crippen LogP contribution in [0.15, 0.2) is 41.2 Å². The molecule has 1 unspecified atom stereocenters. The van der Waals surface area contributed by atoms with Crippen LogP contribution in [0.1, 0.15) is 6.42 Å². The van der Waals surface area contributed by atoms with Crippen molar-refractivity contribution in [3.8, 4) is 11.5 Å². The van der Waals surface area contributed by atoms with Gasteiger partial charge in [0.25, 0.3) is 5.56 Å². The van der Waals surface area contributed by atoms with Crippen molar-refractivity contribution >= 4 is 11.6 Å². The Morgan fingerprint density at radius 1 is 1.26 bits per heavy atom. The van der Waals surface area contributed by atoms with Crippen molar-refractivity contribution in [2.24, 2.45) is 0 Å². The molecule has 3 rings (SSSR count). The highest BCUT2D eigenvalue weighted by molar-refractivity contribution is 6.29. The van der Waals surface area contributed by atoms with Crippen molar-refractivity contribution in [1.82, 2.24) is 15.1 Å². The Kier molecular flexibility index (Phi) is 5.15. The van der Waals surface area contributed by atoms with Gasteiger partial charge >= 0.3 is 0 Å². The molecular weight excluding hydrogens is 318 g/mol. The quantitative estimate of drug-likeness (QED) is 0.814. The minimum atomic E-state index is -0.143. The lowest BCUT2D eigenvalue weighted by atomic mass is 10.2. The predicted molar refractivity (Wildman–Crippen MR) is 87.3 cm³/mol. The standard InChI is InChI=1S/C16H18ClN3O3/c17-15-6-7-16(21)20(19-15)9-3-8-18-10-12-11-22-13-4-1-2-5-14(13)23-12/h1-2,4-7,12,18H,3,8-11H2. The molecule has 0 amide bonds. The third-order valence-electron chi connectivity index (χ3n) is 3.50. The Bertz CT molecular complexity index is 720. The van der Waals surface area contributed by atoms with E-state index in [0.717, 1.165) is 24.5 Å². The van der Waals surface area contributed by atoms with Gasteiger partial charge in [-0.2, -0.15) is 5.10 Å². The van der Waals surface area contributed by atoms with E-state index in [9.17, 15) is 4.79 Å². The second-order valence-electron chi connectivity index (χ2n) is 5.27. The van der Waals surface area contributed by atoms with Crippen LogP contribution < -0.4 is 20.3 Å². The number of fused-ring (bicyclic) bond motifs is 1. The summed E-state index contributed by atoms with van der Waals surface area (Å²) < 4.78 is 12.9. The fourth-order valence-corrected chi connectivity index (χ4v) is 2.52. The summed E-state index contributed by atoms with van der Waals surface area (Å²) in [4.78, 5) is 11.6. The van der Waals surface area contributed by atoms with Crippen molar-refractivity contribution < 1.29 is 9.47 Å². The Balaban J connectivity index is 1.39. The number of hydrogen-bond donors (Lipinski definition) is 1. The summed E-state index contributed by atoms with van der Waals surface area (Å²) in [7, 11) is 0. The van der Waals surface area contributed by atoms with E-state index < -0.39 is 0 Å². The van der Waals surface area contributed by atoms with Crippen molar-refractivity contribution in [3.63, 3.8) is 0 Å². The van der Waals surface area contributed by atoms with Gasteiger partial charge < -0.3 is 14.8 Å². The topological polar surface area (TPSA) is 65.4 Å². The van der Waals surface area contributed by atoms with Gasteiger partial charge in [0.15, 0.2) is 11.5 Å². The number of hydrogen-bond acceptors (Lipinski definition) is 5. The zero-order valence-electron chi connectivity index (χ0n) is 12.6. The smallest absolute Gasteiger partial charge is 0.266 e. The highest BCUT2D eigenvalue weighted by Crippen LogP contribution is 2.30. The summed E-state index contributed by atoms with van der Waals surface area (Å²) >= 11 is 5.78. The van der Waals surface area contributed by atoms with Crippen LogP contribution in [0, 0.1) is 0 Å². The zero-order valence-corrected chi connectivity index (χ0v) is 13.3. The van der Waals surface area contributed by atoms with E-state index in [-0.39, 0.29) is 11.7 Å². The van der Waals surface area contributed by atoms with Crippen LogP contribution in [0.2, 0.25) is 5.15 Å². The first-order chi connectivity index (χ1) is 11.2. The summed E-state index contributed by atoms with van der Waals surface area (Å²) in [6, 6.07) is 10.6. The maximum Gasteiger partial charge on any atom is 0.266 e. The first-order valence-corrected chi connectivity index (χ1v) is 7.93. The van der Waals surface area contributed by atoms with Crippen LogP contribution >= 0.6 is 11.6 Å². The lowest BCUT2D eigenvalue weighted by Crippen LogP contribution is -2.39. The van der Waals surface area contributed by atoms with E-state index in [1.807, 2.05) is 24.3 Å². The number of halogens is 1. The monoisotopic (exact) mass is 335 g/mol. The molecule has 0 radical (unpaired) electrons. The molecule has 1 aromatic heterocycles. The van der Waals surface area contributed by atoms with Crippen LogP contribution in [-0.2, 0) is 6.54 Å². The largest absolute Gasteiger partial charge is 0.486 e. The Morgan fingerprint density at radius 3 is 2.96 bits per heavy atom. The maximum absolute atomic E-state index is 11.6. The Morgan fingerprint density at radius 2 is 2.09 bits per heavy atom. The number of aromatic nitrogens is 2. The van der Waals surface area contributed by atoms with Gasteiger partial charge in [-0.15, -0.1) is 0 Å². The lowest BCUT2D eigenvalue weighted by molar-refractivity contribution is 0.0904. The molecule has 0 saturated carbocycles. The Labute approximate surface area is 139 Å². The van der Waals surface area contributed by atoms with E-state index in [1.165, 1.54) is 16.8 Å². The highest BCUT2D eigenvalue weighted by atomic mass is 35.5. The van der Waals surface area contributed by atoms with Crippen LogP contribution in [0.3, 0.4) is 0 Å². The van der Waals surface area contributed by atoms with E-state index in [4.69, 9.17) is 21.1 Å². The molecule has 1 aliphatic heterocycles. The molecule has 7 heteroatoms. The molecule has 1 aromatic carbocycles. The van der Waals surface area contributed by atoms with Gasteiger partial charge in [-0.05, 0) is 31.2 Å². The fraction of sp³-hybridized carbons (Fsp3) is 0.375. The molecule has 2 aromatic rings. The maximum atomic E-state index is 11.6. The normalized spacial score (nSPS) is 16.3. The number of nitrogens with zero attached hydrogens (tertiary/aromatic N) is 2. The van der Waals surface area contributed by atoms with Gasteiger partial charge in [0.2, 0.25) is 0 Å². The second-order valence-corrected chi connectivity index (χ2v) is 5.66. The molecule has 23 heavy (non-hydrogen) atoms. The first-order valence-electron chi connectivity index (χ1n) is 7.55. The third-order valence-corrected chi connectivity index (χ3v) is 3.70. The van der Waals surface area contributed by atoms with Crippen LogP contribution in [-0.4, -0.2) is 35.6 Å². The van der Waals surface area contributed by atoms with Crippen molar-refractivity contribution in [2.75, 3.05) is 19.7 Å². The average Bonchev–Trinajstić information content (AvgIpc) is 2.57. The number of para-hydroxylation sites is 2. The van der Waals surface area contributed by atoms with E-state index in [2.05, 4.69) is 10.4 Å². The minimum absolute atomic E-state index is 0.0167. The molecular formula is C16H18ClN3O3. The van der Waals surface area contributed by atoms with E-state index in [1.54, 1.807) is 0 Å². The first kappa shape index (κ1) is 15.8. The predicted octanol–water partition coefficient (Wildman–Crippen LogP) is 1.72. The lowest BCUT2D eigenvalue weighted by Gasteiger charge is -2.26. The van der Waals surface area contributed by atoms with Gasteiger partial charge in [0.05, 0.1) is 0 Å². The van der Waals surface area contributed by atoms with Crippen LogP contribution in [0.4, 0.5) is 0 Å². The number of benzene rings is 1. The van der Waals surface area contributed by atoms with E-state index >= 15 is 0 Å². The molecule has 0 aliphatic carbocycles. The van der Waals surface area contributed by atoms with Crippen molar-refractivity contribution in [2.45, 2.75) is 19.1 Å². The van der Waals surface area contributed by atoms with Gasteiger partial charge in [-0.1, -0.05) is 23.7 Å².